The predicted molar refractivity (Wildman–Crippen MR) is 69.6 cm³/mol. The molecule has 0 saturated carbocycles. The summed E-state index contributed by atoms with van der Waals surface area (Å²) < 4.78 is 18.9. The Morgan fingerprint density at radius 1 is 1.42 bits per heavy atom. The van der Waals surface area contributed by atoms with Crippen LogP contribution in [-0.2, 0) is 6.61 Å². The highest BCUT2D eigenvalue weighted by Gasteiger charge is 2.14. The third kappa shape index (κ3) is 3.29. The largest absolute Gasteiger partial charge is 0.487 e. The molecule has 0 unspecified atom stereocenters. The fourth-order valence-corrected chi connectivity index (χ4v) is 1.99. The molecule has 98 valence electrons. The van der Waals surface area contributed by atoms with E-state index in [1.807, 2.05) is 0 Å². The average molecular weight is 326 g/mol. The van der Waals surface area contributed by atoms with Crippen LogP contribution in [0.15, 0.2) is 41.1 Å². The minimum atomic E-state index is -1.09. The van der Waals surface area contributed by atoms with Gasteiger partial charge in [-0.05, 0) is 34.1 Å². The highest BCUT2D eigenvalue weighted by atomic mass is 79.9. The van der Waals surface area contributed by atoms with E-state index in [4.69, 9.17) is 9.84 Å². The van der Waals surface area contributed by atoms with Crippen LogP contribution in [0, 0.1) is 5.82 Å². The summed E-state index contributed by atoms with van der Waals surface area (Å²) in [6.45, 7) is 0.0354. The fraction of sp³-hybridized carbons (Fsp3) is 0.0769. The van der Waals surface area contributed by atoms with Crippen LogP contribution >= 0.6 is 15.9 Å². The van der Waals surface area contributed by atoms with Crippen molar-refractivity contribution in [2.24, 2.45) is 0 Å². The van der Waals surface area contributed by atoms with Crippen LogP contribution in [0.25, 0.3) is 0 Å². The van der Waals surface area contributed by atoms with Crippen molar-refractivity contribution in [1.29, 1.82) is 0 Å². The summed E-state index contributed by atoms with van der Waals surface area (Å²) in [4.78, 5) is 14.8. The Kier molecular flexibility index (Phi) is 4.11. The van der Waals surface area contributed by atoms with E-state index >= 15 is 0 Å². The molecule has 2 rings (SSSR count). The molecule has 1 heterocycles. The second-order valence-corrected chi connectivity index (χ2v) is 4.58. The zero-order chi connectivity index (χ0) is 13.8. The van der Waals surface area contributed by atoms with E-state index in [0.29, 0.717) is 10.0 Å². The molecule has 0 atom stereocenters. The van der Waals surface area contributed by atoms with Crippen LogP contribution in [0.2, 0.25) is 0 Å². The zero-order valence-electron chi connectivity index (χ0n) is 9.64. The van der Waals surface area contributed by atoms with E-state index in [1.54, 1.807) is 12.1 Å². The van der Waals surface area contributed by atoms with Gasteiger partial charge in [0.25, 0.3) is 0 Å². The quantitative estimate of drug-likeness (QED) is 0.937. The third-order valence-corrected chi connectivity index (χ3v) is 2.97. The topological polar surface area (TPSA) is 59.4 Å². The maximum absolute atomic E-state index is 13.0. The number of carbonyl (C=O) groups is 1. The number of aromatic carboxylic acids is 1. The van der Waals surface area contributed by atoms with E-state index in [1.165, 1.54) is 18.3 Å². The molecule has 0 aliphatic heterocycles. The molecule has 1 N–H and O–H groups in total. The summed E-state index contributed by atoms with van der Waals surface area (Å²) in [6, 6.07) is 5.99. The molecule has 0 spiro atoms. The number of hydrogen-bond donors (Lipinski definition) is 1. The van der Waals surface area contributed by atoms with Gasteiger partial charge in [0, 0.05) is 11.8 Å². The number of ether oxygens (including phenoxy) is 1. The molecule has 6 heteroatoms. The minimum Gasteiger partial charge on any atom is -0.487 e. The second-order valence-electron chi connectivity index (χ2n) is 3.72. The minimum absolute atomic E-state index is 0.0354. The number of nitrogens with zero attached hydrogens (tertiary/aromatic N) is 1. The average Bonchev–Trinajstić information content (AvgIpc) is 2.37. The van der Waals surface area contributed by atoms with Crippen LogP contribution in [0.4, 0.5) is 4.39 Å². The van der Waals surface area contributed by atoms with Crippen LogP contribution < -0.4 is 4.74 Å². The highest BCUT2D eigenvalue weighted by Crippen LogP contribution is 2.29. The van der Waals surface area contributed by atoms with E-state index in [-0.39, 0.29) is 17.9 Å². The summed E-state index contributed by atoms with van der Waals surface area (Å²) >= 11 is 3.23. The smallest absolute Gasteiger partial charge is 0.339 e. The summed E-state index contributed by atoms with van der Waals surface area (Å²) in [5.74, 6) is -1.35. The Morgan fingerprint density at radius 3 is 2.89 bits per heavy atom. The standard InChI is InChI=1S/C13H9BrFNO3/c14-11-3-1-2-10(13(17)18)12(11)19-7-8-4-9(15)6-16-5-8/h1-6H,7H2,(H,17,18). The molecule has 19 heavy (non-hydrogen) atoms. The van der Waals surface area contributed by atoms with Crippen molar-refractivity contribution in [2.45, 2.75) is 6.61 Å². The van der Waals surface area contributed by atoms with Crippen molar-refractivity contribution in [2.75, 3.05) is 0 Å². The van der Waals surface area contributed by atoms with Crippen LogP contribution in [0.1, 0.15) is 15.9 Å². The van der Waals surface area contributed by atoms with E-state index in [2.05, 4.69) is 20.9 Å². The van der Waals surface area contributed by atoms with Crippen molar-refractivity contribution >= 4 is 21.9 Å². The first kappa shape index (κ1) is 13.5. The lowest BCUT2D eigenvalue weighted by atomic mass is 10.2. The number of carboxylic acid groups (broad SMARTS) is 1. The van der Waals surface area contributed by atoms with Crippen LogP contribution in [-0.4, -0.2) is 16.1 Å². The van der Waals surface area contributed by atoms with Gasteiger partial charge in [-0.2, -0.15) is 0 Å². The van der Waals surface area contributed by atoms with Gasteiger partial charge >= 0.3 is 5.97 Å². The van der Waals surface area contributed by atoms with E-state index < -0.39 is 11.8 Å². The van der Waals surface area contributed by atoms with Crippen LogP contribution in [0.5, 0.6) is 5.75 Å². The molecule has 4 nitrogen and oxygen atoms in total. The highest BCUT2D eigenvalue weighted by molar-refractivity contribution is 9.10. The van der Waals surface area contributed by atoms with E-state index in [0.717, 1.165) is 6.20 Å². The first-order valence-corrected chi connectivity index (χ1v) is 6.11. The third-order valence-electron chi connectivity index (χ3n) is 2.34. The van der Waals surface area contributed by atoms with Crippen molar-refractivity contribution in [1.82, 2.24) is 4.98 Å². The number of para-hydroxylation sites is 1. The first-order chi connectivity index (χ1) is 9.08. The molecule has 0 bridgehead atoms. The number of aromatic nitrogens is 1. The van der Waals surface area contributed by atoms with Gasteiger partial charge in [-0.3, -0.25) is 4.98 Å². The summed E-state index contributed by atoms with van der Waals surface area (Å²) in [5.41, 5.74) is 0.561. The Morgan fingerprint density at radius 2 is 2.21 bits per heavy atom. The summed E-state index contributed by atoms with van der Waals surface area (Å²) in [5, 5.41) is 9.06. The van der Waals surface area contributed by atoms with Crippen molar-refractivity contribution in [3.8, 4) is 5.75 Å². The molecular formula is C13H9BrFNO3. The van der Waals surface area contributed by atoms with E-state index in [9.17, 15) is 9.18 Å². The Bertz CT molecular complexity index is 619. The number of hydrogen-bond acceptors (Lipinski definition) is 3. The van der Waals surface area contributed by atoms with Gasteiger partial charge in [0.15, 0.2) is 0 Å². The number of rotatable bonds is 4. The Hall–Kier alpha value is -1.95. The summed E-state index contributed by atoms with van der Waals surface area (Å²) in [6.07, 6.45) is 2.55. The molecule has 0 radical (unpaired) electrons. The Labute approximate surface area is 117 Å². The molecule has 0 amide bonds. The van der Waals surface area contributed by atoms with Crippen molar-refractivity contribution < 1.29 is 19.0 Å². The number of pyridine rings is 1. The zero-order valence-corrected chi connectivity index (χ0v) is 11.2. The van der Waals surface area contributed by atoms with Gasteiger partial charge in [0.2, 0.25) is 0 Å². The van der Waals surface area contributed by atoms with Gasteiger partial charge in [-0.15, -0.1) is 0 Å². The lowest BCUT2D eigenvalue weighted by Crippen LogP contribution is -2.04. The maximum Gasteiger partial charge on any atom is 0.339 e. The normalized spacial score (nSPS) is 10.2. The number of halogens is 2. The molecule has 0 fully saturated rings. The van der Waals surface area contributed by atoms with Crippen molar-refractivity contribution in [3.63, 3.8) is 0 Å². The number of carboxylic acids is 1. The second kappa shape index (κ2) is 5.79. The van der Waals surface area contributed by atoms with Gasteiger partial charge < -0.3 is 9.84 Å². The predicted octanol–water partition coefficient (Wildman–Crippen LogP) is 3.26. The van der Waals surface area contributed by atoms with Gasteiger partial charge in [0.05, 0.1) is 10.7 Å². The first-order valence-electron chi connectivity index (χ1n) is 5.32. The number of benzene rings is 1. The maximum atomic E-state index is 13.0. The monoisotopic (exact) mass is 325 g/mol. The lowest BCUT2D eigenvalue weighted by molar-refractivity contribution is 0.0691. The molecule has 0 aliphatic carbocycles. The molecule has 1 aromatic carbocycles. The molecule has 0 aliphatic rings. The van der Waals surface area contributed by atoms with Crippen molar-refractivity contribution in [3.05, 3.63) is 58.1 Å². The molecular weight excluding hydrogens is 317 g/mol. The molecule has 0 saturated heterocycles. The summed E-state index contributed by atoms with van der Waals surface area (Å²) in [7, 11) is 0. The lowest BCUT2D eigenvalue weighted by Gasteiger charge is -2.10. The SMILES string of the molecule is O=C(O)c1cccc(Br)c1OCc1cncc(F)c1. The van der Waals surface area contributed by atoms with Gasteiger partial charge in [-0.1, -0.05) is 6.07 Å². The van der Waals surface area contributed by atoms with Gasteiger partial charge in [-0.25, -0.2) is 9.18 Å². The van der Waals surface area contributed by atoms with Crippen LogP contribution in [0.3, 0.4) is 0 Å². The fourth-order valence-electron chi connectivity index (χ4n) is 1.51. The van der Waals surface area contributed by atoms with Gasteiger partial charge in [0.1, 0.15) is 23.7 Å². The molecule has 2 aromatic rings. The molecule has 1 aromatic heterocycles. The Balaban J connectivity index is 2.22.